The average molecular weight is 357 g/mol. The van der Waals surface area contributed by atoms with Gasteiger partial charge in [-0.3, -0.25) is 0 Å². The zero-order valence-electron chi connectivity index (χ0n) is 16.6. The number of hydrogen-bond donors (Lipinski definition) is 1. The maximum Gasteiger partial charge on any atom is 0.115 e. The molecular formula is C26H28O. The van der Waals surface area contributed by atoms with Gasteiger partial charge in [0.2, 0.25) is 0 Å². The highest BCUT2D eigenvalue weighted by Crippen LogP contribution is 2.22. The maximum atomic E-state index is 8.81. The molecule has 0 aliphatic carbocycles. The lowest BCUT2D eigenvalue weighted by Gasteiger charge is -2.07. The molecule has 0 unspecified atom stereocenters. The Morgan fingerprint density at radius 1 is 0.778 bits per heavy atom. The molecule has 1 N–H and O–H groups in total. The van der Waals surface area contributed by atoms with Crippen molar-refractivity contribution in [2.45, 2.75) is 27.7 Å². The maximum absolute atomic E-state index is 8.81. The molecule has 0 saturated carbocycles. The summed E-state index contributed by atoms with van der Waals surface area (Å²) < 4.78 is 0. The van der Waals surface area contributed by atoms with Crippen LogP contribution in [0.15, 0.2) is 84.9 Å². The van der Waals surface area contributed by atoms with Crippen LogP contribution in [0.1, 0.15) is 34.7 Å². The van der Waals surface area contributed by atoms with E-state index in [1.165, 1.54) is 27.8 Å². The first-order valence-corrected chi connectivity index (χ1v) is 9.22. The highest BCUT2D eigenvalue weighted by molar-refractivity contribution is 5.80. The number of aryl methyl sites for hydroxylation is 3. The largest absolute Gasteiger partial charge is 0.508 e. The minimum Gasteiger partial charge on any atom is -0.508 e. The molecule has 0 atom stereocenters. The molecule has 0 spiro atoms. The van der Waals surface area contributed by atoms with Gasteiger partial charge in [0, 0.05) is 0 Å². The predicted octanol–water partition coefficient (Wildman–Crippen LogP) is 7.12. The normalized spacial score (nSPS) is 11.2. The van der Waals surface area contributed by atoms with Crippen molar-refractivity contribution in [3.8, 4) is 5.75 Å². The molecule has 3 aromatic carbocycles. The lowest BCUT2D eigenvalue weighted by atomic mass is 9.97. The Morgan fingerprint density at radius 2 is 1.48 bits per heavy atom. The number of hydrogen-bond acceptors (Lipinski definition) is 1. The van der Waals surface area contributed by atoms with Crippen molar-refractivity contribution in [1.29, 1.82) is 0 Å². The second-order valence-electron chi connectivity index (χ2n) is 6.65. The van der Waals surface area contributed by atoms with Crippen LogP contribution in [-0.4, -0.2) is 5.11 Å². The van der Waals surface area contributed by atoms with Gasteiger partial charge in [0.05, 0.1) is 0 Å². The third-order valence-electron chi connectivity index (χ3n) is 4.26. The lowest BCUT2D eigenvalue weighted by molar-refractivity contribution is 0.475. The Labute approximate surface area is 163 Å². The van der Waals surface area contributed by atoms with Crippen molar-refractivity contribution < 1.29 is 5.11 Å². The van der Waals surface area contributed by atoms with Crippen LogP contribution in [0.5, 0.6) is 5.75 Å². The first-order valence-electron chi connectivity index (χ1n) is 9.22. The van der Waals surface area contributed by atoms with E-state index in [1.54, 1.807) is 12.1 Å². The predicted molar refractivity (Wildman–Crippen MR) is 118 cm³/mol. The molecule has 3 rings (SSSR count). The Balaban J connectivity index is 0.000000273. The van der Waals surface area contributed by atoms with Gasteiger partial charge in [-0.1, -0.05) is 84.5 Å². The number of phenols is 1. The van der Waals surface area contributed by atoms with E-state index in [-0.39, 0.29) is 0 Å². The van der Waals surface area contributed by atoms with Gasteiger partial charge in [0.25, 0.3) is 0 Å². The SMILES string of the molecule is C/C=C(/C=C/c1ccccc1)c1ccc(C)cc1C.Cc1cccc(O)c1. The van der Waals surface area contributed by atoms with Crippen LogP contribution in [-0.2, 0) is 0 Å². The molecule has 0 bridgehead atoms. The van der Waals surface area contributed by atoms with Gasteiger partial charge >= 0.3 is 0 Å². The van der Waals surface area contributed by atoms with Crippen molar-refractivity contribution in [2.24, 2.45) is 0 Å². The molecule has 0 saturated heterocycles. The summed E-state index contributed by atoms with van der Waals surface area (Å²) >= 11 is 0. The van der Waals surface area contributed by atoms with E-state index in [0.29, 0.717) is 5.75 Å². The van der Waals surface area contributed by atoms with Crippen molar-refractivity contribution in [2.75, 3.05) is 0 Å². The molecule has 1 nitrogen and oxygen atoms in total. The summed E-state index contributed by atoms with van der Waals surface area (Å²) in [5.74, 6) is 0.338. The van der Waals surface area contributed by atoms with Gasteiger partial charge < -0.3 is 5.11 Å². The molecule has 0 aliphatic heterocycles. The Hall–Kier alpha value is -3.06. The zero-order chi connectivity index (χ0) is 19.6. The van der Waals surface area contributed by atoms with Gasteiger partial charge in [-0.15, -0.1) is 0 Å². The summed E-state index contributed by atoms with van der Waals surface area (Å²) in [4.78, 5) is 0. The van der Waals surface area contributed by atoms with Gasteiger partial charge in [0.1, 0.15) is 5.75 Å². The van der Waals surface area contributed by atoms with Crippen LogP contribution in [0.2, 0.25) is 0 Å². The van der Waals surface area contributed by atoms with Crippen molar-refractivity contribution in [1.82, 2.24) is 0 Å². The van der Waals surface area contributed by atoms with Crippen LogP contribution >= 0.6 is 0 Å². The van der Waals surface area contributed by atoms with E-state index < -0.39 is 0 Å². The van der Waals surface area contributed by atoms with Crippen LogP contribution in [0.25, 0.3) is 11.6 Å². The quantitative estimate of drug-likeness (QED) is 0.495. The summed E-state index contributed by atoms with van der Waals surface area (Å²) in [5, 5.41) is 8.81. The number of aromatic hydroxyl groups is 1. The second kappa shape index (κ2) is 10.2. The molecule has 0 amide bonds. The van der Waals surface area contributed by atoms with Crippen molar-refractivity contribution >= 4 is 11.6 Å². The minimum atomic E-state index is 0.338. The van der Waals surface area contributed by atoms with Gasteiger partial charge in [-0.05, 0) is 67.7 Å². The minimum absolute atomic E-state index is 0.338. The Kier molecular flexibility index (Phi) is 7.63. The van der Waals surface area contributed by atoms with E-state index in [2.05, 4.69) is 81.5 Å². The van der Waals surface area contributed by atoms with E-state index >= 15 is 0 Å². The third kappa shape index (κ3) is 6.63. The molecule has 3 aromatic rings. The topological polar surface area (TPSA) is 20.2 Å². The van der Waals surface area contributed by atoms with Crippen LogP contribution in [0.3, 0.4) is 0 Å². The molecule has 1 heteroatoms. The van der Waals surface area contributed by atoms with Gasteiger partial charge in [0.15, 0.2) is 0 Å². The van der Waals surface area contributed by atoms with Crippen molar-refractivity contribution in [3.05, 3.63) is 113 Å². The summed E-state index contributed by atoms with van der Waals surface area (Å²) in [6.07, 6.45) is 6.51. The average Bonchev–Trinajstić information content (AvgIpc) is 2.65. The summed E-state index contributed by atoms with van der Waals surface area (Å²) in [7, 11) is 0. The highest BCUT2D eigenvalue weighted by atomic mass is 16.3. The molecule has 0 fully saturated rings. The standard InChI is InChI=1S/C19H20.C7H8O/c1-4-18(12-11-17-8-6-5-7-9-17)19-13-10-15(2)14-16(19)3;1-6-3-2-4-7(8)5-6/h4-14H,1-3H3;2-5,8H,1H3/b12-11+,18-4-;. The molecular weight excluding hydrogens is 328 g/mol. The fourth-order valence-electron chi connectivity index (χ4n) is 2.86. The van der Waals surface area contributed by atoms with Crippen LogP contribution in [0, 0.1) is 20.8 Å². The monoisotopic (exact) mass is 356 g/mol. The third-order valence-corrected chi connectivity index (χ3v) is 4.26. The zero-order valence-corrected chi connectivity index (χ0v) is 16.6. The van der Waals surface area contributed by atoms with E-state index in [4.69, 9.17) is 5.11 Å². The van der Waals surface area contributed by atoms with Gasteiger partial charge in [-0.25, -0.2) is 0 Å². The Morgan fingerprint density at radius 3 is 2.04 bits per heavy atom. The summed E-state index contributed by atoms with van der Waals surface area (Å²) in [5.41, 5.74) is 7.52. The fraction of sp³-hybridized carbons (Fsp3) is 0.154. The summed E-state index contributed by atoms with van der Waals surface area (Å²) in [6, 6.07) is 24.2. The Bertz CT molecular complexity index is 901. The smallest absolute Gasteiger partial charge is 0.115 e. The lowest BCUT2D eigenvalue weighted by Crippen LogP contribution is -1.87. The van der Waals surface area contributed by atoms with Crippen LogP contribution < -0.4 is 0 Å². The second-order valence-corrected chi connectivity index (χ2v) is 6.65. The molecule has 0 radical (unpaired) electrons. The van der Waals surface area contributed by atoms with E-state index in [1.807, 2.05) is 25.1 Å². The molecule has 0 heterocycles. The molecule has 0 aromatic heterocycles. The van der Waals surface area contributed by atoms with Crippen LogP contribution in [0.4, 0.5) is 0 Å². The first kappa shape index (κ1) is 20.3. The first-order chi connectivity index (χ1) is 13.0. The highest BCUT2D eigenvalue weighted by Gasteiger charge is 2.01. The van der Waals surface area contributed by atoms with Crippen molar-refractivity contribution in [3.63, 3.8) is 0 Å². The van der Waals surface area contributed by atoms with E-state index in [0.717, 1.165) is 5.56 Å². The summed E-state index contributed by atoms with van der Waals surface area (Å²) in [6.45, 7) is 8.33. The van der Waals surface area contributed by atoms with Gasteiger partial charge in [-0.2, -0.15) is 0 Å². The number of phenolic OH excluding ortho intramolecular Hbond substituents is 1. The van der Waals surface area contributed by atoms with E-state index in [9.17, 15) is 0 Å². The molecule has 0 aliphatic rings. The fourth-order valence-corrected chi connectivity index (χ4v) is 2.86. The molecule has 138 valence electrons. The number of benzene rings is 3. The molecule has 27 heavy (non-hydrogen) atoms. The number of allylic oxidation sites excluding steroid dienone is 3. The number of rotatable bonds is 3.